The van der Waals surface area contributed by atoms with E-state index < -0.39 is 0 Å². The first-order chi connectivity index (χ1) is 13.4. The number of H-pyrrole nitrogens is 1. The van der Waals surface area contributed by atoms with Crippen LogP contribution in [0, 0.1) is 19.8 Å². The summed E-state index contributed by atoms with van der Waals surface area (Å²) >= 11 is 2.89. The molecule has 1 aliphatic carbocycles. The Hall–Kier alpha value is -2.12. The van der Waals surface area contributed by atoms with Crippen molar-refractivity contribution in [3.63, 3.8) is 0 Å². The molecule has 0 radical (unpaired) electrons. The van der Waals surface area contributed by atoms with Crippen molar-refractivity contribution in [1.82, 2.24) is 9.97 Å². The molecule has 28 heavy (non-hydrogen) atoms. The number of nitrogens with zero attached hydrogens (tertiary/aromatic N) is 1. The molecule has 7 heteroatoms. The van der Waals surface area contributed by atoms with E-state index >= 15 is 0 Å². The van der Waals surface area contributed by atoms with Gasteiger partial charge in [0.1, 0.15) is 4.83 Å². The van der Waals surface area contributed by atoms with Crippen LogP contribution in [0.3, 0.4) is 0 Å². The van der Waals surface area contributed by atoms with E-state index in [-0.39, 0.29) is 17.2 Å². The van der Waals surface area contributed by atoms with Crippen molar-refractivity contribution in [1.29, 1.82) is 0 Å². The van der Waals surface area contributed by atoms with Crippen LogP contribution in [-0.2, 0) is 17.6 Å². The predicted molar refractivity (Wildman–Crippen MR) is 117 cm³/mol. The number of aromatic amines is 1. The van der Waals surface area contributed by atoms with Crippen LogP contribution in [0.1, 0.15) is 34.9 Å². The Morgan fingerprint density at radius 3 is 2.82 bits per heavy atom. The maximum Gasteiger partial charge on any atom is 0.260 e. The highest BCUT2D eigenvalue weighted by Gasteiger charge is 2.23. The summed E-state index contributed by atoms with van der Waals surface area (Å²) in [5.74, 6) is 0.739. The molecule has 0 bridgehead atoms. The maximum absolute atomic E-state index is 12.6. The molecule has 1 aromatic carbocycles. The summed E-state index contributed by atoms with van der Waals surface area (Å²) < 4.78 is 0. The molecule has 1 amide bonds. The monoisotopic (exact) mass is 413 g/mol. The minimum absolute atomic E-state index is 0.0886. The number of amides is 1. The third kappa shape index (κ3) is 4.00. The summed E-state index contributed by atoms with van der Waals surface area (Å²) in [5.41, 5.74) is 4.09. The number of anilines is 1. The summed E-state index contributed by atoms with van der Waals surface area (Å²) in [6.45, 7) is 6.26. The van der Waals surface area contributed by atoms with Gasteiger partial charge in [-0.2, -0.15) is 0 Å². The zero-order valence-corrected chi connectivity index (χ0v) is 17.9. The summed E-state index contributed by atoms with van der Waals surface area (Å²) in [7, 11) is 0. The lowest BCUT2D eigenvalue weighted by Gasteiger charge is -2.17. The van der Waals surface area contributed by atoms with Gasteiger partial charge in [-0.05, 0) is 67.9 Å². The van der Waals surface area contributed by atoms with Gasteiger partial charge in [-0.15, -0.1) is 11.3 Å². The Labute approximate surface area is 172 Å². The first kappa shape index (κ1) is 19.2. The third-order valence-electron chi connectivity index (χ3n) is 4.99. The average molecular weight is 414 g/mol. The number of rotatable bonds is 4. The second-order valence-electron chi connectivity index (χ2n) is 7.62. The highest BCUT2D eigenvalue weighted by Crippen LogP contribution is 2.36. The van der Waals surface area contributed by atoms with Gasteiger partial charge in [0.25, 0.3) is 5.56 Å². The predicted octanol–water partition coefficient (Wildman–Crippen LogP) is 4.46. The van der Waals surface area contributed by atoms with Crippen LogP contribution in [0.4, 0.5) is 5.69 Å². The smallest absolute Gasteiger partial charge is 0.260 e. The highest BCUT2D eigenvalue weighted by atomic mass is 32.2. The first-order valence-electron chi connectivity index (χ1n) is 9.44. The summed E-state index contributed by atoms with van der Waals surface area (Å²) in [6.07, 6.45) is 3.09. The van der Waals surface area contributed by atoms with Crippen molar-refractivity contribution >= 4 is 44.9 Å². The number of carbonyl (C=O) groups excluding carboxylic acids is 1. The van der Waals surface area contributed by atoms with Crippen LogP contribution in [-0.4, -0.2) is 21.6 Å². The van der Waals surface area contributed by atoms with Gasteiger partial charge >= 0.3 is 0 Å². The molecule has 2 heterocycles. The highest BCUT2D eigenvalue weighted by molar-refractivity contribution is 7.99. The Morgan fingerprint density at radius 2 is 2.07 bits per heavy atom. The molecule has 0 unspecified atom stereocenters. The van der Waals surface area contributed by atoms with E-state index in [1.54, 1.807) is 11.3 Å². The first-order valence-corrected chi connectivity index (χ1v) is 11.2. The standard InChI is InChI=1S/C21H23N3O2S2/c1-11-4-5-15-16(9-11)28-20-18(15)19(26)23-21(24-20)27-10-17(25)22-14-7-12(2)6-13(3)8-14/h6-8,11H,4-5,9-10H2,1-3H3,(H,22,25)(H,23,24,26)/t11-/m1/s1. The summed E-state index contributed by atoms with van der Waals surface area (Å²) in [6, 6.07) is 5.95. The van der Waals surface area contributed by atoms with Crippen LogP contribution < -0.4 is 10.9 Å². The number of hydrogen-bond acceptors (Lipinski definition) is 5. The van der Waals surface area contributed by atoms with Crippen molar-refractivity contribution in [2.75, 3.05) is 11.1 Å². The molecule has 2 N–H and O–H groups in total. The minimum atomic E-state index is -0.114. The molecule has 0 aliphatic heterocycles. The normalized spacial score (nSPS) is 16.2. The van der Waals surface area contributed by atoms with Crippen molar-refractivity contribution in [3.05, 3.63) is 50.1 Å². The third-order valence-corrected chi connectivity index (χ3v) is 7.01. The van der Waals surface area contributed by atoms with E-state index in [1.165, 1.54) is 22.2 Å². The number of hydrogen-bond donors (Lipinski definition) is 2. The fourth-order valence-corrected chi connectivity index (χ4v) is 5.88. The Bertz CT molecular complexity index is 1100. The van der Waals surface area contributed by atoms with Crippen LogP contribution in [0.15, 0.2) is 28.2 Å². The molecule has 1 aliphatic rings. The van der Waals surface area contributed by atoms with E-state index in [0.717, 1.165) is 46.3 Å². The van der Waals surface area contributed by atoms with Crippen LogP contribution in [0.25, 0.3) is 10.2 Å². The average Bonchev–Trinajstić information content (AvgIpc) is 2.96. The molecule has 3 aromatic rings. The molecule has 0 spiro atoms. The van der Waals surface area contributed by atoms with Gasteiger partial charge in [0.2, 0.25) is 5.91 Å². The zero-order valence-electron chi connectivity index (χ0n) is 16.2. The number of aromatic nitrogens is 2. The molecule has 2 aromatic heterocycles. The molecule has 4 rings (SSSR count). The van der Waals surface area contributed by atoms with Crippen molar-refractivity contribution in [2.24, 2.45) is 5.92 Å². The molecule has 0 saturated carbocycles. The molecule has 0 saturated heterocycles. The van der Waals surface area contributed by atoms with Crippen molar-refractivity contribution in [3.8, 4) is 0 Å². The van der Waals surface area contributed by atoms with Gasteiger partial charge in [-0.25, -0.2) is 4.98 Å². The second-order valence-corrected chi connectivity index (χ2v) is 9.66. The summed E-state index contributed by atoms with van der Waals surface area (Å²) in [5, 5.41) is 4.16. The van der Waals surface area contributed by atoms with Crippen molar-refractivity contribution in [2.45, 2.75) is 45.2 Å². The lowest BCUT2D eigenvalue weighted by molar-refractivity contribution is -0.113. The van der Waals surface area contributed by atoms with Gasteiger partial charge in [-0.1, -0.05) is 24.8 Å². The summed E-state index contributed by atoms with van der Waals surface area (Å²) in [4.78, 5) is 34.5. The zero-order chi connectivity index (χ0) is 19.8. The largest absolute Gasteiger partial charge is 0.325 e. The van der Waals surface area contributed by atoms with Gasteiger partial charge in [0, 0.05) is 10.6 Å². The van der Waals surface area contributed by atoms with Gasteiger partial charge in [0.15, 0.2) is 5.16 Å². The van der Waals surface area contributed by atoms with Crippen LogP contribution in [0.2, 0.25) is 0 Å². The fraction of sp³-hybridized carbons (Fsp3) is 0.381. The van der Waals surface area contributed by atoms with Gasteiger partial charge in [-0.3, -0.25) is 9.59 Å². The SMILES string of the molecule is Cc1cc(C)cc(NC(=O)CSc2nc3sc4c(c3c(=O)[nH]2)CC[C@@H](C)C4)c1. The Kier molecular flexibility index (Phi) is 5.29. The number of fused-ring (bicyclic) bond motifs is 3. The molecular formula is C21H23N3O2S2. The number of thiophene rings is 1. The minimum Gasteiger partial charge on any atom is -0.325 e. The number of aryl methyl sites for hydroxylation is 3. The molecule has 146 valence electrons. The Morgan fingerprint density at radius 1 is 1.32 bits per heavy atom. The number of carbonyl (C=O) groups is 1. The van der Waals surface area contributed by atoms with E-state index in [9.17, 15) is 9.59 Å². The van der Waals surface area contributed by atoms with Crippen LogP contribution in [0.5, 0.6) is 0 Å². The van der Waals surface area contributed by atoms with E-state index in [1.807, 2.05) is 26.0 Å². The van der Waals surface area contributed by atoms with E-state index in [4.69, 9.17) is 0 Å². The van der Waals surface area contributed by atoms with Gasteiger partial charge in [0.05, 0.1) is 11.1 Å². The molecule has 5 nitrogen and oxygen atoms in total. The number of nitrogens with one attached hydrogen (secondary N) is 2. The molecule has 0 fully saturated rings. The lowest BCUT2D eigenvalue weighted by atomic mass is 9.89. The Balaban J connectivity index is 1.49. The second kappa shape index (κ2) is 7.72. The van der Waals surface area contributed by atoms with Crippen molar-refractivity contribution < 1.29 is 4.79 Å². The fourth-order valence-electron chi connectivity index (χ4n) is 3.78. The topological polar surface area (TPSA) is 74.8 Å². The quantitative estimate of drug-likeness (QED) is 0.489. The number of benzene rings is 1. The van der Waals surface area contributed by atoms with Crippen LogP contribution >= 0.6 is 23.1 Å². The van der Waals surface area contributed by atoms with Gasteiger partial charge < -0.3 is 10.3 Å². The van der Waals surface area contributed by atoms with E-state index in [2.05, 4.69) is 28.3 Å². The number of thioether (sulfide) groups is 1. The molecule has 1 atom stereocenters. The lowest BCUT2D eigenvalue weighted by Crippen LogP contribution is -2.16. The molecular weight excluding hydrogens is 390 g/mol. The maximum atomic E-state index is 12.6. The van der Waals surface area contributed by atoms with E-state index in [0.29, 0.717) is 11.1 Å².